The van der Waals surface area contributed by atoms with Crippen molar-refractivity contribution in [2.24, 2.45) is 0 Å². The highest BCUT2D eigenvalue weighted by molar-refractivity contribution is 5.90. The maximum atomic E-state index is 10.3. The lowest BCUT2D eigenvalue weighted by atomic mass is 9.91. The summed E-state index contributed by atoms with van der Waals surface area (Å²) in [5.41, 5.74) is 2.39. The number of aliphatic hydroxyl groups excluding tert-OH is 4. The van der Waals surface area contributed by atoms with Gasteiger partial charge in [-0.1, -0.05) is 24.3 Å². The lowest BCUT2D eigenvalue weighted by molar-refractivity contribution is -0.231. The van der Waals surface area contributed by atoms with E-state index in [2.05, 4.69) is 6.07 Å². The minimum absolute atomic E-state index is 0.418. The van der Waals surface area contributed by atoms with Gasteiger partial charge in [-0.25, -0.2) is 0 Å². The van der Waals surface area contributed by atoms with Crippen molar-refractivity contribution in [3.05, 3.63) is 59.2 Å². The normalized spacial score (nSPS) is 26.2. The molecule has 8 heteroatoms. The van der Waals surface area contributed by atoms with E-state index in [1.54, 1.807) is 48.5 Å². The first-order valence-corrected chi connectivity index (χ1v) is 9.68. The average Bonchev–Trinajstić information content (AvgIpc) is 2.81. The number of rotatable bonds is 6. The molecular weight excluding hydrogens is 402 g/mol. The van der Waals surface area contributed by atoms with Crippen molar-refractivity contribution < 1.29 is 34.6 Å². The summed E-state index contributed by atoms with van der Waals surface area (Å²) < 4.78 is 16.1. The van der Waals surface area contributed by atoms with Crippen molar-refractivity contribution in [2.75, 3.05) is 20.8 Å². The van der Waals surface area contributed by atoms with Crippen LogP contribution in [0.1, 0.15) is 22.8 Å². The van der Waals surface area contributed by atoms with Gasteiger partial charge in [-0.2, -0.15) is 5.26 Å². The number of methoxy groups -OCH3 is 2. The first-order chi connectivity index (χ1) is 14.9. The fraction of sp³-hybridized carbons (Fsp3) is 0.348. The van der Waals surface area contributed by atoms with Gasteiger partial charge < -0.3 is 34.6 Å². The zero-order chi connectivity index (χ0) is 22.5. The number of aliphatic hydroxyl groups is 4. The molecule has 2 aromatic carbocycles. The molecule has 0 unspecified atom stereocenters. The summed E-state index contributed by atoms with van der Waals surface area (Å²) in [7, 11) is 3.06. The molecule has 164 valence electrons. The molecule has 1 heterocycles. The highest BCUT2D eigenvalue weighted by Crippen LogP contribution is 2.33. The van der Waals surface area contributed by atoms with Crippen molar-refractivity contribution in [1.82, 2.24) is 0 Å². The van der Waals surface area contributed by atoms with E-state index in [1.807, 2.05) is 0 Å². The van der Waals surface area contributed by atoms with E-state index >= 15 is 0 Å². The molecule has 1 aliphatic rings. The van der Waals surface area contributed by atoms with Gasteiger partial charge in [-0.15, -0.1) is 0 Å². The van der Waals surface area contributed by atoms with Crippen molar-refractivity contribution >= 4 is 11.6 Å². The second-order valence-corrected chi connectivity index (χ2v) is 7.16. The quantitative estimate of drug-likeness (QED) is 0.400. The number of hydrogen-bond donors (Lipinski definition) is 4. The molecule has 5 atom stereocenters. The summed E-state index contributed by atoms with van der Waals surface area (Å²) >= 11 is 0. The Kier molecular flexibility index (Phi) is 7.28. The van der Waals surface area contributed by atoms with E-state index in [0.717, 1.165) is 5.56 Å². The van der Waals surface area contributed by atoms with Crippen LogP contribution in [0.5, 0.6) is 11.5 Å². The standard InChI is InChI=1S/C23H25NO7/c1-29-17-8-7-15(10-18(17)30-2)16(11-24)9-13-3-5-14(6-4-13)23-22(28)21(27)20(26)19(12-25)31-23/h3-10,19-23,25-28H,12H2,1-2H3/t19-,20-,21+,22-,23+/m1/s1. The van der Waals surface area contributed by atoms with E-state index < -0.39 is 37.1 Å². The maximum absolute atomic E-state index is 10.3. The molecular formula is C23H25NO7. The number of hydrogen-bond acceptors (Lipinski definition) is 8. The Balaban J connectivity index is 1.85. The molecule has 31 heavy (non-hydrogen) atoms. The lowest BCUT2D eigenvalue weighted by Gasteiger charge is -2.40. The molecule has 8 nitrogen and oxygen atoms in total. The smallest absolute Gasteiger partial charge is 0.161 e. The third kappa shape index (κ3) is 4.71. The van der Waals surface area contributed by atoms with Crippen LogP contribution in [0.3, 0.4) is 0 Å². The first-order valence-electron chi connectivity index (χ1n) is 9.68. The molecule has 2 aromatic rings. The molecule has 1 aliphatic heterocycles. The number of benzene rings is 2. The predicted molar refractivity (Wildman–Crippen MR) is 112 cm³/mol. The van der Waals surface area contributed by atoms with Crippen LogP contribution < -0.4 is 9.47 Å². The van der Waals surface area contributed by atoms with Gasteiger partial charge >= 0.3 is 0 Å². The Bertz CT molecular complexity index is 965. The molecule has 1 saturated heterocycles. The molecule has 4 N–H and O–H groups in total. The number of ether oxygens (including phenoxy) is 3. The van der Waals surface area contributed by atoms with Crippen LogP contribution in [0, 0.1) is 11.3 Å². The Labute approximate surface area is 180 Å². The minimum Gasteiger partial charge on any atom is -0.493 e. The van der Waals surface area contributed by atoms with Crippen LogP contribution in [0.15, 0.2) is 42.5 Å². The third-order valence-corrected chi connectivity index (χ3v) is 5.28. The second-order valence-electron chi connectivity index (χ2n) is 7.16. The summed E-state index contributed by atoms with van der Waals surface area (Å²) in [5.74, 6) is 1.08. The summed E-state index contributed by atoms with van der Waals surface area (Å²) in [6, 6.07) is 14.3. The van der Waals surface area contributed by atoms with Crippen molar-refractivity contribution in [3.8, 4) is 17.6 Å². The summed E-state index contributed by atoms with van der Waals surface area (Å²) in [6.07, 6.45) is -4.37. The van der Waals surface area contributed by atoms with E-state index in [-0.39, 0.29) is 0 Å². The van der Waals surface area contributed by atoms with Gasteiger partial charge in [0.25, 0.3) is 0 Å². The van der Waals surface area contributed by atoms with E-state index in [9.17, 15) is 25.7 Å². The lowest BCUT2D eigenvalue weighted by Crippen LogP contribution is -2.55. The fourth-order valence-corrected chi connectivity index (χ4v) is 3.51. The van der Waals surface area contributed by atoms with Crippen LogP contribution in [0.25, 0.3) is 11.6 Å². The van der Waals surface area contributed by atoms with Crippen molar-refractivity contribution in [3.63, 3.8) is 0 Å². The Morgan fingerprint density at radius 1 is 1.00 bits per heavy atom. The maximum Gasteiger partial charge on any atom is 0.161 e. The van der Waals surface area contributed by atoms with Crippen LogP contribution in [-0.2, 0) is 4.74 Å². The fourth-order valence-electron chi connectivity index (χ4n) is 3.51. The van der Waals surface area contributed by atoms with E-state index in [4.69, 9.17) is 14.2 Å². The number of nitriles is 1. The monoisotopic (exact) mass is 427 g/mol. The summed E-state index contributed by atoms with van der Waals surface area (Å²) in [5, 5.41) is 49.1. The highest BCUT2D eigenvalue weighted by atomic mass is 16.5. The predicted octanol–water partition coefficient (Wildman–Crippen LogP) is 1.28. The third-order valence-electron chi connectivity index (χ3n) is 5.28. The first kappa shape index (κ1) is 22.7. The Hall–Kier alpha value is -2.93. The molecule has 0 saturated carbocycles. The molecule has 3 rings (SSSR count). The largest absolute Gasteiger partial charge is 0.493 e. The second kappa shape index (κ2) is 9.92. The Morgan fingerprint density at radius 2 is 1.68 bits per heavy atom. The van der Waals surface area contributed by atoms with Crippen molar-refractivity contribution in [2.45, 2.75) is 30.5 Å². The van der Waals surface area contributed by atoms with Crippen LogP contribution in [0.2, 0.25) is 0 Å². The highest BCUT2D eigenvalue weighted by Gasteiger charge is 2.43. The van der Waals surface area contributed by atoms with Crippen molar-refractivity contribution in [1.29, 1.82) is 5.26 Å². The Morgan fingerprint density at radius 3 is 2.26 bits per heavy atom. The molecule has 0 radical (unpaired) electrons. The zero-order valence-electron chi connectivity index (χ0n) is 17.2. The molecule has 0 amide bonds. The van der Waals surface area contributed by atoms with E-state index in [1.165, 1.54) is 14.2 Å². The van der Waals surface area contributed by atoms with Gasteiger partial charge in [-0.05, 0) is 41.0 Å². The summed E-state index contributed by atoms with van der Waals surface area (Å²) in [6.45, 7) is -0.487. The molecule has 1 fully saturated rings. The molecule has 0 aliphatic carbocycles. The number of allylic oxidation sites excluding steroid dienone is 1. The molecule has 0 bridgehead atoms. The van der Waals surface area contributed by atoms with Gasteiger partial charge in [0.05, 0.1) is 32.5 Å². The van der Waals surface area contributed by atoms with Crippen LogP contribution in [0.4, 0.5) is 0 Å². The van der Waals surface area contributed by atoms with Crippen LogP contribution >= 0.6 is 0 Å². The molecule has 0 aromatic heterocycles. The number of nitrogens with zero attached hydrogens (tertiary/aromatic N) is 1. The van der Waals surface area contributed by atoms with Gasteiger partial charge in [-0.3, -0.25) is 0 Å². The van der Waals surface area contributed by atoms with Gasteiger partial charge in [0, 0.05) is 0 Å². The summed E-state index contributed by atoms with van der Waals surface area (Å²) in [4.78, 5) is 0. The minimum atomic E-state index is -1.44. The topological polar surface area (TPSA) is 132 Å². The zero-order valence-corrected chi connectivity index (χ0v) is 17.2. The van der Waals surface area contributed by atoms with Gasteiger partial charge in [0.2, 0.25) is 0 Å². The SMILES string of the molecule is COc1ccc(C(C#N)=Cc2ccc([C@@H]3O[C@H](CO)[C@@H](O)[C@H](O)[C@H]3O)cc2)cc1OC. The van der Waals surface area contributed by atoms with E-state index in [0.29, 0.717) is 28.2 Å². The van der Waals surface area contributed by atoms with Gasteiger partial charge in [0.1, 0.15) is 30.5 Å². The average molecular weight is 427 g/mol. The van der Waals surface area contributed by atoms with Crippen LogP contribution in [-0.4, -0.2) is 65.7 Å². The molecule has 0 spiro atoms. The van der Waals surface area contributed by atoms with Gasteiger partial charge in [0.15, 0.2) is 11.5 Å².